The molecule has 3 aromatic heterocycles. The van der Waals surface area contributed by atoms with Gasteiger partial charge in [0, 0.05) is 58.8 Å². The van der Waals surface area contributed by atoms with Crippen molar-refractivity contribution >= 4 is 51.2 Å². The number of benzene rings is 1. The van der Waals surface area contributed by atoms with Gasteiger partial charge in [-0.25, -0.2) is 14.8 Å². The number of nitrogens with two attached hydrogens (primary N) is 2. The number of nitrogens with zero attached hydrogens (tertiary/aromatic N) is 3. The molecule has 4 aromatic rings. The van der Waals surface area contributed by atoms with Crippen LogP contribution in [0.3, 0.4) is 0 Å². The Hall–Kier alpha value is -4.67. The number of hydrogen-bond donors (Lipinski definition) is 3. The van der Waals surface area contributed by atoms with Gasteiger partial charge in [0.25, 0.3) is 5.91 Å². The van der Waals surface area contributed by atoms with Crippen LogP contribution in [-0.2, 0) is 19.1 Å². The third-order valence-electron chi connectivity index (χ3n) is 5.98. The molecule has 0 saturated heterocycles. The van der Waals surface area contributed by atoms with Gasteiger partial charge in [0.1, 0.15) is 23.1 Å². The monoisotopic (exact) mass is 560 g/mol. The Morgan fingerprint density at radius 3 is 2.27 bits per heavy atom. The molecule has 1 amide bonds. The largest absolute Gasteiger partial charge is 0.460 e. The summed E-state index contributed by atoms with van der Waals surface area (Å²) in [6.45, 7) is 10.5. The van der Waals surface area contributed by atoms with E-state index in [9.17, 15) is 14.4 Å². The van der Waals surface area contributed by atoms with Gasteiger partial charge in [0.2, 0.25) is 0 Å². The Morgan fingerprint density at radius 1 is 0.976 bits per heavy atom. The highest BCUT2D eigenvalue weighted by Gasteiger charge is 2.28. The van der Waals surface area contributed by atoms with Gasteiger partial charge >= 0.3 is 11.9 Å². The Kier molecular flexibility index (Phi) is 7.92. The van der Waals surface area contributed by atoms with Gasteiger partial charge in [-0.05, 0) is 72.2 Å². The van der Waals surface area contributed by atoms with Crippen LogP contribution in [0.4, 0.5) is 11.5 Å². The summed E-state index contributed by atoms with van der Waals surface area (Å²) < 4.78 is 12.7. The lowest BCUT2D eigenvalue weighted by Crippen LogP contribution is -2.44. The summed E-state index contributed by atoms with van der Waals surface area (Å²) in [5, 5.41) is 5.16. The number of amides is 1. The number of anilines is 2. The number of aromatic nitrogens is 3. The molecule has 0 aliphatic heterocycles. The molecule has 11 nitrogen and oxygen atoms in total. The molecule has 41 heavy (non-hydrogen) atoms. The van der Waals surface area contributed by atoms with Gasteiger partial charge < -0.3 is 30.8 Å². The number of fused-ring (bicyclic) bond motifs is 3. The van der Waals surface area contributed by atoms with Gasteiger partial charge in [-0.3, -0.25) is 9.59 Å². The molecular weight excluding hydrogens is 524 g/mol. The second kappa shape index (κ2) is 11.1. The Balaban J connectivity index is 1.52. The van der Waals surface area contributed by atoms with Gasteiger partial charge in [-0.1, -0.05) is 0 Å². The third-order valence-corrected chi connectivity index (χ3v) is 5.98. The highest BCUT2D eigenvalue weighted by molar-refractivity contribution is 6.10. The van der Waals surface area contributed by atoms with Crippen LogP contribution in [0, 0.1) is 0 Å². The molecule has 3 heterocycles. The fourth-order valence-electron chi connectivity index (χ4n) is 4.31. The Bertz CT molecular complexity index is 1610. The zero-order valence-electron chi connectivity index (χ0n) is 24.1. The van der Waals surface area contributed by atoms with Crippen LogP contribution in [0.2, 0.25) is 0 Å². The molecule has 0 aliphatic rings. The van der Waals surface area contributed by atoms with E-state index in [1.807, 2.05) is 17.0 Å². The van der Waals surface area contributed by atoms with Gasteiger partial charge in [-0.2, -0.15) is 0 Å². The zero-order valence-corrected chi connectivity index (χ0v) is 24.1. The molecule has 0 radical (unpaired) electrons. The summed E-state index contributed by atoms with van der Waals surface area (Å²) in [5.41, 5.74) is 12.7. The lowest BCUT2D eigenvalue weighted by molar-refractivity contribution is -0.158. The summed E-state index contributed by atoms with van der Waals surface area (Å²) >= 11 is 0. The second-order valence-electron chi connectivity index (χ2n) is 11.9. The molecular formula is C30H36N6O5. The minimum atomic E-state index is -1.03. The molecule has 1 aromatic carbocycles. The molecule has 4 rings (SSSR count). The molecule has 5 N–H and O–H groups in total. The molecule has 0 unspecified atom stereocenters. The van der Waals surface area contributed by atoms with Gasteiger partial charge in [0.15, 0.2) is 5.65 Å². The van der Waals surface area contributed by atoms with Crippen molar-refractivity contribution in [2.45, 2.75) is 71.6 Å². The molecule has 0 spiro atoms. The first kappa shape index (κ1) is 29.3. The number of pyridine rings is 2. The van der Waals surface area contributed by atoms with E-state index in [1.165, 1.54) is 0 Å². The van der Waals surface area contributed by atoms with Gasteiger partial charge in [0.05, 0.1) is 5.39 Å². The van der Waals surface area contributed by atoms with Crippen LogP contribution >= 0.6 is 0 Å². The van der Waals surface area contributed by atoms with Crippen molar-refractivity contribution in [1.29, 1.82) is 0 Å². The van der Waals surface area contributed by atoms with Crippen molar-refractivity contribution in [3.8, 4) is 5.69 Å². The van der Waals surface area contributed by atoms with E-state index in [0.717, 1.165) is 16.5 Å². The van der Waals surface area contributed by atoms with E-state index >= 15 is 0 Å². The van der Waals surface area contributed by atoms with Crippen molar-refractivity contribution in [3.05, 3.63) is 54.5 Å². The molecule has 0 aliphatic carbocycles. The first-order valence-corrected chi connectivity index (χ1v) is 13.3. The Labute approximate surface area is 238 Å². The van der Waals surface area contributed by atoms with E-state index in [4.69, 9.17) is 20.9 Å². The van der Waals surface area contributed by atoms with E-state index in [1.54, 1.807) is 78.1 Å². The van der Waals surface area contributed by atoms with Crippen molar-refractivity contribution < 1.29 is 23.9 Å². The molecule has 0 fully saturated rings. The normalized spacial score (nSPS) is 12.7. The predicted octanol–water partition coefficient (Wildman–Crippen LogP) is 4.30. The lowest BCUT2D eigenvalue weighted by atomic mass is 10.1. The second-order valence-corrected chi connectivity index (χ2v) is 11.9. The average Bonchev–Trinajstić information content (AvgIpc) is 3.28. The summed E-state index contributed by atoms with van der Waals surface area (Å²) in [6, 6.07) is 7.45. The van der Waals surface area contributed by atoms with Crippen molar-refractivity contribution in [2.75, 3.05) is 11.5 Å². The molecule has 0 bridgehead atoms. The maximum atomic E-state index is 13.1. The van der Waals surface area contributed by atoms with Crippen LogP contribution in [0.15, 0.2) is 48.9 Å². The fraction of sp³-hybridized carbons (Fsp3) is 0.367. The molecule has 11 heteroatoms. The number of nitrogens with one attached hydrogen (secondary N) is 1. The minimum absolute atomic E-state index is 0.0369. The number of esters is 2. The highest BCUT2D eigenvalue weighted by Crippen LogP contribution is 2.30. The number of carbonyl (C=O) groups excluding carboxylic acids is 3. The fourth-order valence-corrected chi connectivity index (χ4v) is 4.31. The summed E-state index contributed by atoms with van der Waals surface area (Å²) in [7, 11) is 0. The van der Waals surface area contributed by atoms with Crippen LogP contribution in [0.5, 0.6) is 0 Å². The van der Waals surface area contributed by atoms with E-state index in [-0.39, 0.29) is 12.8 Å². The van der Waals surface area contributed by atoms with Crippen LogP contribution < -0.4 is 16.8 Å². The summed E-state index contributed by atoms with van der Waals surface area (Å²) in [6.07, 6.45) is 5.50. The van der Waals surface area contributed by atoms with Crippen molar-refractivity contribution in [1.82, 2.24) is 19.9 Å². The summed E-state index contributed by atoms with van der Waals surface area (Å²) in [4.78, 5) is 46.9. The number of rotatable bonds is 7. The maximum absolute atomic E-state index is 13.1. The van der Waals surface area contributed by atoms with Crippen molar-refractivity contribution in [2.24, 2.45) is 0 Å². The molecule has 216 valence electrons. The quantitative estimate of drug-likeness (QED) is 0.279. The first-order chi connectivity index (χ1) is 19.1. The minimum Gasteiger partial charge on any atom is -0.460 e. The van der Waals surface area contributed by atoms with Crippen LogP contribution in [0.1, 0.15) is 64.7 Å². The molecule has 1 atom stereocenters. The van der Waals surface area contributed by atoms with Gasteiger partial charge in [-0.15, -0.1) is 0 Å². The Morgan fingerprint density at radius 2 is 1.63 bits per heavy atom. The van der Waals surface area contributed by atoms with E-state index in [2.05, 4.69) is 15.3 Å². The topological polar surface area (TPSA) is 164 Å². The average molecular weight is 561 g/mol. The SMILES string of the molecule is CC(C)(C)OC(=O)CC[C@H](NC(=O)c1ccc(-n2cc3cnc4nc(N)cc(N)c4c3c2)cc1)C(=O)OC(C)(C)C. The van der Waals surface area contributed by atoms with E-state index < -0.39 is 35.1 Å². The molecule has 0 saturated carbocycles. The third kappa shape index (κ3) is 7.30. The van der Waals surface area contributed by atoms with E-state index in [0.29, 0.717) is 28.1 Å². The van der Waals surface area contributed by atoms with Crippen LogP contribution in [-0.4, -0.2) is 49.6 Å². The number of carbonyl (C=O) groups is 3. The lowest BCUT2D eigenvalue weighted by Gasteiger charge is -2.25. The summed E-state index contributed by atoms with van der Waals surface area (Å²) in [5.74, 6) is -1.26. The number of ether oxygens (including phenoxy) is 2. The predicted molar refractivity (Wildman–Crippen MR) is 157 cm³/mol. The first-order valence-electron chi connectivity index (χ1n) is 13.3. The standard InChI is InChI=1S/C30H36N6O5/c1-29(2,3)40-24(37)12-11-22(28(39)41-30(4,5)6)34-27(38)17-7-9-19(10-8-17)36-15-18-14-33-26-25(20(18)16-36)21(31)13-23(32)35-26/h7-10,13-16,22H,11-12H2,1-6H3,(H,34,38)(H4,31,32,35)/t22-/m0/s1. The van der Waals surface area contributed by atoms with Crippen LogP contribution in [0.25, 0.3) is 27.5 Å². The smallest absolute Gasteiger partial charge is 0.329 e. The van der Waals surface area contributed by atoms with Crippen molar-refractivity contribution in [3.63, 3.8) is 0 Å². The highest BCUT2D eigenvalue weighted by atomic mass is 16.6. The maximum Gasteiger partial charge on any atom is 0.329 e. The number of nitrogen functional groups attached to an aromatic ring is 2. The number of hydrogen-bond acceptors (Lipinski definition) is 9. The zero-order chi connectivity index (χ0) is 30.1.